The molecule has 1 saturated heterocycles. The van der Waals surface area contributed by atoms with Gasteiger partial charge in [0.05, 0.1) is 11.3 Å². The Labute approximate surface area is 146 Å². The minimum atomic E-state index is -3.28. The molecule has 1 aliphatic rings. The highest BCUT2D eigenvalue weighted by atomic mass is 32.2. The van der Waals surface area contributed by atoms with Crippen LogP contribution in [0.1, 0.15) is 6.42 Å². The first-order chi connectivity index (χ1) is 12.0. The molecule has 0 N–H and O–H groups in total. The van der Waals surface area contributed by atoms with E-state index in [1.54, 1.807) is 13.2 Å². The molecule has 0 radical (unpaired) electrons. The molecular weight excluding hydrogens is 347 g/mol. The molecule has 1 aliphatic heterocycles. The molecule has 0 aliphatic carbocycles. The Morgan fingerprint density at radius 3 is 2.68 bits per heavy atom. The first-order valence-corrected chi connectivity index (χ1v) is 9.74. The standard InChI is InChI=1S/C16H21FN4O3S/c1-24-9-2-10-25(22,23)21-7-5-20(6-8-21)16-14-11-13(17)3-4-15(14)18-12-19-16/h3-4,11-12H,2,5-10H2,1H3. The van der Waals surface area contributed by atoms with E-state index in [-0.39, 0.29) is 11.6 Å². The van der Waals surface area contributed by atoms with E-state index in [2.05, 4.69) is 9.97 Å². The third kappa shape index (κ3) is 4.05. The quantitative estimate of drug-likeness (QED) is 0.715. The summed E-state index contributed by atoms with van der Waals surface area (Å²) < 4.78 is 44.7. The van der Waals surface area contributed by atoms with Crippen LogP contribution in [0.15, 0.2) is 24.5 Å². The summed E-state index contributed by atoms with van der Waals surface area (Å²) >= 11 is 0. The van der Waals surface area contributed by atoms with Crippen LogP contribution in [0, 0.1) is 5.82 Å². The Kier molecular flexibility index (Phi) is 5.45. The number of rotatable bonds is 6. The van der Waals surface area contributed by atoms with Gasteiger partial charge in [-0.3, -0.25) is 0 Å². The summed E-state index contributed by atoms with van der Waals surface area (Å²) in [4.78, 5) is 10.4. The third-order valence-corrected chi connectivity index (χ3v) is 6.22. The SMILES string of the molecule is COCCCS(=O)(=O)N1CCN(c2ncnc3ccc(F)cc23)CC1. The van der Waals surface area contributed by atoms with Crippen LogP contribution >= 0.6 is 0 Å². The van der Waals surface area contributed by atoms with Crippen molar-refractivity contribution in [1.82, 2.24) is 14.3 Å². The summed E-state index contributed by atoms with van der Waals surface area (Å²) in [5.74, 6) is 0.381. The Balaban J connectivity index is 1.72. The molecule has 9 heteroatoms. The van der Waals surface area contributed by atoms with Crippen LogP contribution in [0.3, 0.4) is 0 Å². The first kappa shape index (κ1) is 18.0. The lowest BCUT2D eigenvalue weighted by Gasteiger charge is -2.35. The molecule has 0 atom stereocenters. The van der Waals surface area contributed by atoms with Gasteiger partial charge in [-0.25, -0.2) is 22.8 Å². The molecule has 1 aromatic heterocycles. The van der Waals surface area contributed by atoms with Gasteiger partial charge in [-0.2, -0.15) is 4.31 Å². The average Bonchev–Trinajstić information content (AvgIpc) is 2.61. The lowest BCUT2D eigenvalue weighted by atomic mass is 10.2. The Bertz CT molecular complexity index is 838. The topological polar surface area (TPSA) is 75.6 Å². The highest BCUT2D eigenvalue weighted by molar-refractivity contribution is 7.89. The van der Waals surface area contributed by atoms with Gasteiger partial charge in [-0.15, -0.1) is 0 Å². The maximum Gasteiger partial charge on any atom is 0.214 e. The number of piperazine rings is 1. The van der Waals surface area contributed by atoms with E-state index in [0.717, 1.165) is 0 Å². The van der Waals surface area contributed by atoms with Gasteiger partial charge in [0.25, 0.3) is 0 Å². The van der Waals surface area contributed by atoms with Gasteiger partial charge in [0.15, 0.2) is 0 Å². The van der Waals surface area contributed by atoms with E-state index >= 15 is 0 Å². The van der Waals surface area contributed by atoms with Gasteiger partial charge < -0.3 is 9.64 Å². The van der Waals surface area contributed by atoms with Crippen molar-refractivity contribution in [3.05, 3.63) is 30.3 Å². The lowest BCUT2D eigenvalue weighted by Crippen LogP contribution is -2.49. The number of sulfonamides is 1. The van der Waals surface area contributed by atoms with Crippen molar-refractivity contribution >= 4 is 26.7 Å². The van der Waals surface area contributed by atoms with E-state index in [1.807, 2.05) is 4.90 Å². The molecule has 2 heterocycles. The number of anilines is 1. The number of benzene rings is 1. The molecule has 0 saturated carbocycles. The smallest absolute Gasteiger partial charge is 0.214 e. The molecule has 3 rings (SSSR count). The molecule has 0 amide bonds. The lowest BCUT2D eigenvalue weighted by molar-refractivity contribution is 0.199. The zero-order valence-corrected chi connectivity index (χ0v) is 14.9. The molecule has 7 nitrogen and oxygen atoms in total. The predicted molar refractivity (Wildman–Crippen MR) is 93.6 cm³/mol. The van der Waals surface area contributed by atoms with Gasteiger partial charge in [0.1, 0.15) is 18.0 Å². The van der Waals surface area contributed by atoms with Crippen LogP contribution < -0.4 is 4.90 Å². The summed E-state index contributed by atoms with van der Waals surface area (Å²) in [5, 5.41) is 0.638. The van der Waals surface area contributed by atoms with Crippen LogP contribution in [0.5, 0.6) is 0 Å². The summed E-state index contributed by atoms with van der Waals surface area (Å²) in [6, 6.07) is 4.40. The fourth-order valence-electron chi connectivity index (χ4n) is 2.96. The van der Waals surface area contributed by atoms with Gasteiger partial charge in [0, 0.05) is 45.3 Å². The molecule has 0 bridgehead atoms. The zero-order chi connectivity index (χ0) is 17.9. The van der Waals surface area contributed by atoms with Crippen LogP contribution in [-0.2, 0) is 14.8 Å². The monoisotopic (exact) mass is 368 g/mol. The van der Waals surface area contributed by atoms with Crippen molar-refractivity contribution < 1.29 is 17.5 Å². The molecule has 136 valence electrons. The van der Waals surface area contributed by atoms with E-state index < -0.39 is 10.0 Å². The van der Waals surface area contributed by atoms with Crippen LogP contribution in [0.2, 0.25) is 0 Å². The molecule has 2 aromatic rings. The molecular formula is C16H21FN4O3S. The molecule has 25 heavy (non-hydrogen) atoms. The number of methoxy groups -OCH3 is 1. The van der Waals surface area contributed by atoms with Crippen molar-refractivity contribution in [2.24, 2.45) is 0 Å². The van der Waals surface area contributed by atoms with E-state index in [0.29, 0.717) is 55.9 Å². The van der Waals surface area contributed by atoms with Crippen LogP contribution in [0.25, 0.3) is 10.9 Å². The van der Waals surface area contributed by atoms with Crippen molar-refractivity contribution in [2.45, 2.75) is 6.42 Å². The number of hydrogen-bond acceptors (Lipinski definition) is 6. The second kappa shape index (κ2) is 7.59. The average molecular weight is 368 g/mol. The van der Waals surface area contributed by atoms with Gasteiger partial charge >= 0.3 is 0 Å². The molecule has 0 unspecified atom stereocenters. The van der Waals surface area contributed by atoms with Gasteiger partial charge in [-0.1, -0.05) is 0 Å². The van der Waals surface area contributed by atoms with Crippen molar-refractivity contribution in [3.63, 3.8) is 0 Å². The van der Waals surface area contributed by atoms with E-state index in [9.17, 15) is 12.8 Å². The first-order valence-electron chi connectivity index (χ1n) is 8.13. The number of hydrogen-bond donors (Lipinski definition) is 0. The second-order valence-corrected chi connectivity index (χ2v) is 8.00. The third-order valence-electron chi connectivity index (χ3n) is 4.26. The maximum atomic E-state index is 13.6. The predicted octanol–water partition coefficient (Wildman–Crippen LogP) is 1.26. The highest BCUT2D eigenvalue weighted by Gasteiger charge is 2.27. The summed E-state index contributed by atoms with van der Waals surface area (Å²) in [6.07, 6.45) is 1.93. The summed E-state index contributed by atoms with van der Waals surface area (Å²) in [5.41, 5.74) is 0.668. The fraction of sp³-hybridized carbons (Fsp3) is 0.500. The Morgan fingerprint density at radius 2 is 1.96 bits per heavy atom. The van der Waals surface area contributed by atoms with Crippen molar-refractivity contribution in [2.75, 3.05) is 50.5 Å². The minimum absolute atomic E-state index is 0.0858. The minimum Gasteiger partial charge on any atom is -0.385 e. The zero-order valence-electron chi connectivity index (χ0n) is 14.1. The van der Waals surface area contributed by atoms with Crippen molar-refractivity contribution in [3.8, 4) is 0 Å². The molecule has 0 spiro atoms. The van der Waals surface area contributed by atoms with Gasteiger partial charge in [-0.05, 0) is 24.6 Å². The summed E-state index contributed by atoms with van der Waals surface area (Å²) in [7, 11) is -1.72. The highest BCUT2D eigenvalue weighted by Crippen LogP contribution is 2.25. The number of halogens is 1. The van der Waals surface area contributed by atoms with E-state index in [4.69, 9.17) is 4.74 Å². The summed E-state index contributed by atoms with van der Waals surface area (Å²) in [6.45, 7) is 2.21. The molecule has 1 fully saturated rings. The Morgan fingerprint density at radius 1 is 1.20 bits per heavy atom. The normalized spacial score (nSPS) is 16.5. The Hall–Kier alpha value is -1.84. The maximum absolute atomic E-state index is 13.6. The number of aromatic nitrogens is 2. The largest absolute Gasteiger partial charge is 0.385 e. The second-order valence-electron chi connectivity index (χ2n) is 5.91. The number of ether oxygens (including phenoxy) is 1. The fourth-order valence-corrected chi connectivity index (χ4v) is 4.42. The van der Waals surface area contributed by atoms with Crippen molar-refractivity contribution in [1.29, 1.82) is 0 Å². The van der Waals surface area contributed by atoms with Crippen LogP contribution in [-0.4, -0.2) is 68.3 Å². The van der Waals surface area contributed by atoms with Gasteiger partial charge in [0.2, 0.25) is 10.0 Å². The van der Waals surface area contributed by atoms with E-state index in [1.165, 1.54) is 22.8 Å². The number of nitrogens with zero attached hydrogens (tertiary/aromatic N) is 4. The number of fused-ring (bicyclic) bond motifs is 1. The molecule has 1 aromatic carbocycles. The van der Waals surface area contributed by atoms with Crippen LogP contribution in [0.4, 0.5) is 10.2 Å².